The molecule has 3 heterocycles. The van der Waals surface area contributed by atoms with E-state index in [0.717, 1.165) is 48.7 Å². The van der Waals surface area contributed by atoms with Crippen LogP contribution in [0.5, 0.6) is 0 Å². The maximum atomic E-state index is 12.8. The molecule has 3 aromatic rings. The second kappa shape index (κ2) is 8.54. The van der Waals surface area contributed by atoms with E-state index in [0.29, 0.717) is 15.5 Å². The molecule has 1 amide bonds. The highest BCUT2D eigenvalue weighted by molar-refractivity contribution is 7.99. The first kappa shape index (κ1) is 19.9. The first-order valence-corrected chi connectivity index (χ1v) is 11.5. The van der Waals surface area contributed by atoms with Gasteiger partial charge >= 0.3 is 0 Å². The summed E-state index contributed by atoms with van der Waals surface area (Å²) in [4.78, 5) is 36.5. The van der Waals surface area contributed by atoms with Gasteiger partial charge in [-0.05, 0) is 30.9 Å². The number of thioether (sulfide) groups is 1. The van der Waals surface area contributed by atoms with Crippen LogP contribution in [0.3, 0.4) is 0 Å². The predicted octanol–water partition coefficient (Wildman–Crippen LogP) is 3.28. The zero-order valence-corrected chi connectivity index (χ0v) is 18.1. The molecule has 0 atom stereocenters. The first-order valence-electron chi connectivity index (χ1n) is 9.70. The van der Waals surface area contributed by atoms with Gasteiger partial charge in [0, 0.05) is 25.8 Å². The molecule has 2 aromatic heterocycles. The highest BCUT2D eigenvalue weighted by Gasteiger charge is 2.20. The van der Waals surface area contributed by atoms with Crippen LogP contribution in [0.15, 0.2) is 34.2 Å². The fourth-order valence-electron chi connectivity index (χ4n) is 3.36. The quantitative estimate of drug-likeness (QED) is 0.478. The number of nitrogens with one attached hydrogen (secondary N) is 1. The van der Waals surface area contributed by atoms with E-state index in [1.54, 1.807) is 7.05 Å². The summed E-state index contributed by atoms with van der Waals surface area (Å²) in [5.74, 6) is 0.0498. The number of hydrogen-bond donors (Lipinski definition) is 1. The Morgan fingerprint density at radius 1 is 1.24 bits per heavy atom. The van der Waals surface area contributed by atoms with Crippen molar-refractivity contribution in [2.75, 3.05) is 29.1 Å². The minimum absolute atomic E-state index is 0.114. The standard InChI is InChI=1S/C20H23N5O2S2/c1-3-13-8-4-5-9-14(13)21-15(26)12-28-19-22-17-16(18(27)24(19)2)29-20(23-17)25-10-6-7-11-25/h4-5,8-9H,3,6-7,10-12H2,1-2H3,(H,21,26). The Balaban J connectivity index is 1.51. The smallest absolute Gasteiger partial charge is 0.273 e. The van der Waals surface area contributed by atoms with Gasteiger partial charge in [0.25, 0.3) is 5.56 Å². The van der Waals surface area contributed by atoms with Crippen molar-refractivity contribution in [2.45, 2.75) is 31.3 Å². The van der Waals surface area contributed by atoms with E-state index >= 15 is 0 Å². The van der Waals surface area contributed by atoms with Crippen LogP contribution in [-0.4, -0.2) is 39.3 Å². The van der Waals surface area contributed by atoms with Crippen LogP contribution in [0, 0.1) is 0 Å². The molecule has 4 rings (SSSR count). The van der Waals surface area contributed by atoms with Gasteiger partial charge in [0.15, 0.2) is 15.9 Å². The number of thiazole rings is 1. The molecule has 0 unspecified atom stereocenters. The van der Waals surface area contributed by atoms with Gasteiger partial charge in [0.1, 0.15) is 4.70 Å². The predicted molar refractivity (Wildman–Crippen MR) is 119 cm³/mol. The van der Waals surface area contributed by atoms with Crippen LogP contribution in [0.4, 0.5) is 10.8 Å². The SMILES string of the molecule is CCc1ccccc1NC(=O)CSc1nc2nc(N3CCCC3)sc2c(=O)n1C. The summed E-state index contributed by atoms with van der Waals surface area (Å²) in [5, 5.41) is 4.31. The van der Waals surface area contributed by atoms with Crippen molar-refractivity contribution in [3.05, 3.63) is 40.2 Å². The average molecular weight is 430 g/mol. The van der Waals surface area contributed by atoms with Gasteiger partial charge in [-0.25, -0.2) is 4.98 Å². The summed E-state index contributed by atoms with van der Waals surface area (Å²) in [6.07, 6.45) is 3.15. The summed E-state index contributed by atoms with van der Waals surface area (Å²) in [6, 6.07) is 7.77. The van der Waals surface area contributed by atoms with Crippen molar-refractivity contribution < 1.29 is 4.79 Å². The Morgan fingerprint density at radius 3 is 2.76 bits per heavy atom. The number of aryl methyl sites for hydroxylation is 1. The Labute approximate surface area is 177 Å². The maximum Gasteiger partial charge on any atom is 0.273 e. The second-order valence-electron chi connectivity index (χ2n) is 6.95. The number of benzene rings is 1. The van der Waals surface area contributed by atoms with Gasteiger partial charge in [-0.2, -0.15) is 4.98 Å². The van der Waals surface area contributed by atoms with E-state index in [1.165, 1.54) is 27.7 Å². The third-order valence-electron chi connectivity index (χ3n) is 4.97. The van der Waals surface area contributed by atoms with Gasteiger partial charge < -0.3 is 10.2 Å². The summed E-state index contributed by atoms with van der Waals surface area (Å²) in [5.41, 5.74) is 2.28. The Hall–Kier alpha value is -2.39. The summed E-state index contributed by atoms with van der Waals surface area (Å²) in [7, 11) is 1.69. The van der Waals surface area contributed by atoms with Gasteiger partial charge in [-0.1, -0.05) is 48.2 Å². The minimum atomic E-state index is -0.124. The lowest BCUT2D eigenvalue weighted by atomic mass is 10.1. The van der Waals surface area contributed by atoms with E-state index in [2.05, 4.69) is 27.1 Å². The number of para-hydroxylation sites is 1. The maximum absolute atomic E-state index is 12.8. The van der Waals surface area contributed by atoms with Crippen molar-refractivity contribution in [3.8, 4) is 0 Å². The Morgan fingerprint density at radius 2 is 2.00 bits per heavy atom. The van der Waals surface area contributed by atoms with Gasteiger partial charge in [-0.3, -0.25) is 14.2 Å². The van der Waals surface area contributed by atoms with Crippen molar-refractivity contribution in [3.63, 3.8) is 0 Å². The number of amides is 1. The fourth-order valence-corrected chi connectivity index (χ4v) is 5.15. The van der Waals surface area contributed by atoms with Gasteiger partial charge in [-0.15, -0.1) is 0 Å². The molecule has 1 aromatic carbocycles. The van der Waals surface area contributed by atoms with Crippen LogP contribution in [0.1, 0.15) is 25.3 Å². The van der Waals surface area contributed by atoms with Crippen LogP contribution in [0.2, 0.25) is 0 Å². The molecule has 0 saturated carbocycles. The van der Waals surface area contributed by atoms with Gasteiger partial charge in [0.05, 0.1) is 5.75 Å². The number of nitrogens with zero attached hydrogens (tertiary/aromatic N) is 4. The van der Waals surface area contributed by atoms with E-state index < -0.39 is 0 Å². The van der Waals surface area contributed by atoms with Crippen LogP contribution < -0.4 is 15.8 Å². The summed E-state index contributed by atoms with van der Waals surface area (Å²) < 4.78 is 2.08. The third kappa shape index (κ3) is 4.16. The number of carbonyl (C=O) groups is 1. The number of hydrogen-bond acceptors (Lipinski definition) is 7. The Bertz CT molecular complexity index is 1100. The topological polar surface area (TPSA) is 80.1 Å². The number of anilines is 2. The van der Waals surface area contributed by atoms with E-state index in [-0.39, 0.29) is 17.2 Å². The molecule has 1 aliphatic heterocycles. The van der Waals surface area contributed by atoms with Crippen molar-refractivity contribution in [1.82, 2.24) is 14.5 Å². The molecule has 152 valence electrons. The number of rotatable bonds is 6. The van der Waals surface area contributed by atoms with Crippen molar-refractivity contribution in [2.24, 2.45) is 7.05 Å². The highest BCUT2D eigenvalue weighted by Crippen LogP contribution is 2.29. The molecule has 1 aliphatic rings. The van der Waals surface area contributed by atoms with Crippen molar-refractivity contribution >= 4 is 50.2 Å². The van der Waals surface area contributed by atoms with Crippen LogP contribution in [0.25, 0.3) is 10.3 Å². The number of carbonyl (C=O) groups excluding carboxylic acids is 1. The lowest BCUT2D eigenvalue weighted by Crippen LogP contribution is -2.21. The molecular formula is C20H23N5O2S2. The first-order chi connectivity index (χ1) is 14.1. The van der Waals surface area contributed by atoms with E-state index in [1.807, 2.05) is 24.3 Å². The monoisotopic (exact) mass is 429 g/mol. The van der Waals surface area contributed by atoms with Crippen LogP contribution >= 0.6 is 23.1 Å². The normalized spacial score (nSPS) is 13.9. The largest absolute Gasteiger partial charge is 0.348 e. The zero-order chi connectivity index (χ0) is 20.4. The van der Waals surface area contributed by atoms with E-state index in [9.17, 15) is 9.59 Å². The molecule has 0 aliphatic carbocycles. The minimum Gasteiger partial charge on any atom is -0.348 e. The second-order valence-corrected chi connectivity index (χ2v) is 8.87. The summed E-state index contributed by atoms with van der Waals surface area (Å²) in [6.45, 7) is 4.00. The molecule has 0 radical (unpaired) electrons. The molecule has 7 nitrogen and oxygen atoms in total. The molecule has 9 heteroatoms. The molecule has 1 N–H and O–H groups in total. The number of fused-ring (bicyclic) bond motifs is 1. The molecule has 29 heavy (non-hydrogen) atoms. The fraction of sp³-hybridized carbons (Fsp3) is 0.400. The average Bonchev–Trinajstić information content (AvgIpc) is 3.40. The molecule has 0 bridgehead atoms. The highest BCUT2D eigenvalue weighted by atomic mass is 32.2. The number of aromatic nitrogens is 3. The lowest BCUT2D eigenvalue weighted by Gasteiger charge is -2.11. The lowest BCUT2D eigenvalue weighted by molar-refractivity contribution is -0.113. The van der Waals surface area contributed by atoms with Crippen LogP contribution in [-0.2, 0) is 18.3 Å². The Kier molecular flexibility index (Phi) is 5.86. The molecule has 0 spiro atoms. The molecule has 1 saturated heterocycles. The summed E-state index contributed by atoms with van der Waals surface area (Å²) >= 11 is 2.65. The zero-order valence-electron chi connectivity index (χ0n) is 16.5. The van der Waals surface area contributed by atoms with Crippen molar-refractivity contribution in [1.29, 1.82) is 0 Å². The molecular weight excluding hydrogens is 406 g/mol. The van der Waals surface area contributed by atoms with E-state index in [4.69, 9.17) is 0 Å². The molecule has 1 fully saturated rings. The van der Waals surface area contributed by atoms with Gasteiger partial charge in [0.2, 0.25) is 5.91 Å². The third-order valence-corrected chi connectivity index (χ3v) is 7.09.